The van der Waals surface area contributed by atoms with Crippen LogP contribution in [0.1, 0.15) is 17.9 Å². The molecule has 10 nitrogen and oxygen atoms in total. The Kier molecular flexibility index (Phi) is 10.4. The lowest BCUT2D eigenvalue weighted by molar-refractivity contribution is -0.153. The molecule has 0 aromatic heterocycles. The van der Waals surface area contributed by atoms with E-state index in [-0.39, 0.29) is 48.8 Å². The summed E-state index contributed by atoms with van der Waals surface area (Å²) in [6.07, 6.45) is 1.50. The van der Waals surface area contributed by atoms with Crippen molar-refractivity contribution in [2.45, 2.75) is 23.5 Å². The van der Waals surface area contributed by atoms with Crippen molar-refractivity contribution in [3.8, 4) is 5.75 Å². The Morgan fingerprint density at radius 1 is 1.07 bits per heavy atom. The zero-order valence-electron chi connectivity index (χ0n) is 22.7. The fourth-order valence-electron chi connectivity index (χ4n) is 4.66. The molecule has 2 aliphatic heterocycles. The van der Waals surface area contributed by atoms with Crippen molar-refractivity contribution in [2.75, 3.05) is 66.6 Å². The Bertz CT molecular complexity index is 1260. The molecule has 0 aliphatic carbocycles. The van der Waals surface area contributed by atoms with E-state index < -0.39 is 16.3 Å². The second-order valence-corrected chi connectivity index (χ2v) is 12.1. The van der Waals surface area contributed by atoms with Crippen LogP contribution in [0.2, 0.25) is 5.02 Å². The summed E-state index contributed by atoms with van der Waals surface area (Å²) in [5.74, 6) is 0.415. The zero-order valence-corrected chi connectivity index (χ0v) is 24.3. The number of allylic oxidation sites excluding steroid dienone is 1. The van der Waals surface area contributed by atoms with Gasteiger partial charge >= 0.3 is 0 Å². The van der Waals surface area contributed by atoms with Gasteiger partial charge in [-0.1, -0.05) is 23.7 Å². The molecule has 4 rings (SSSR count). The standard InChI is InChI=1S/C28H36ClN3O7S/c1-30-11-13-31(14-12-30)28(34)26-19-22(21-3-5-23(29)6-4-21)20-27(39-26)38-18-16-32(15-17-33)40(35,36)25-9-7-24(37-2)8-10-25/h3-10,19,22,27,33H,11-18,20H2,1-2H3/t22-,27+/m0/s1. The molecule has 2 aromatic carbocycles. The lowest BCUT2D eigenvalue weighted by Crippen LogP contribution is -2.48. The van der Waals surface area contributed by atoms with Crippen molar-refractivity contribution in [1.29, 1.82) is 0 Å². The third-order valence-corrected chi connectivity index (χ3v) is 9.21. The molecule has 1 saturated heterocycles. The topological polar surface area (TPSA) is 109 Å². The van der Waals surface area contributed by atoms with E-state index in [1.807, 2.05) is 25.3 Å². The van der Waals surface area contributed by atoms with Gasteiger partial charge in [0.2, 0.25) is 16.3 Å². The van der Waals surface area contributed by atoms with Crippen LogP contribution in [-0.4, -0.2) is 106 Å². The quantitative estimate of drug-likeness (QED) is 0.423. The lowest BCUT2D eigenvalue weighted by Gasteiger charge is -2.35. The fourth-order valence-corrected chi connectivity index (χ4v) is 6.21. The fraction of sp³-hybridized carbons (Fsp3) is 0.464. The number of hydrogen-bond acceptors (Lipinski definition) is 8. The summed E-state index contributed by atoms with van der Waals surface area (Å²) in [5.41, 5.74) is 0.967. The molecule has 0 unspecified atom stereocenters. The third-order valence-electron chi connectivity index (χ3n) is 7.05. The van der Waals surface area contributed by atoms with Gasteiger partial charge < -0.3 is 29.1 Å². The first-order valence-electron chi connectivity index (χ1n) is 13.2. The highest BCUT2D eigenvalue weighted by molar-refractivity contribution is 7.89. The normalized spacial score (nSPS) is 20.2. The maximum atomic E-state index is 13.4. The Balaban J connectivity index is 1.46. The highest BCUT2D eigenvalue weighted by atomic mass is 35.5. The third kappa shape index (κ3) is 7.54. The molecule has 1 fully saturated rings. The van der Waals surface area contributed by atoms with E-state index >= 15 is 0 Å². The minimum atomic E-state index is -3.88. The van der Waals surface area contributed by atoms with Crippen molar-refractivity contribution in [3.63, 3.8) is 0 Å². The minimum Gasteiger partial charge on any atom is -0.497 e. The first-order chi connectivity index (χ1) is 19.2. The van der Waals surface area contributed by atoms with Crippen LogP contribution < -0.4 is 4.74 Å². The molecule has 2 heterocycles. The highest BCUT2D eigenvalue weighted by Crippen LogP contribution is 2.33. The molecule has 2 aromatic rings. The highest BCUT2D eigenvalue weighted by Gasteiger charge is 2.32. The summed E-state index contributed by atoms with van der Waals surface area (Å²) < 4.78 is 44.8. The molecule has 0 radical (unpaired) electrons. The number of aliphatic hydroxyl groups excluding tert-OH is 1. The van der Waals surface area contributed by atoms with Crippen LogP contribution in [0, 0.1) is 0 Å². The number of likely N-dealkylation sites (N-methyl/N-ethyl adjacent to an activating group) is 1. The average Bonchev–Trinajstić information content (AvgIpc) is 2.97. The van der Waals surface area contributed by atoms with Crippen LogP contribution in [0.4, 0.5) is 0 Å². The van der Waals surface area contributed by atoms with E-state index in [0.717, 1.165) is 18.7 Å². The second-order valence-electron chi connectivity index (χ2n) is 9.74. The molecule has 218 valence electrons. The number of aliphatic hydroxyl groups is 1. The van der Waals surface area contributed by atoms with Crippen molar-refractivity contribution in [2.24, 2.45) is 0 Å². The number of methoxy groups -OCH3 is 1. The maximum Gasteiger partial charge on any atom is 0.288 e. The summed E-state index contributed by atoms with van der Waals surface area (Å²) in [6, 6.07) is 13.5. The van der Waals surface area contributed by atoms with Crippen LogP contribution in [0.5, 0.6) is 5.75 Å². The molecular formula is C28H36ClN3O7S. The first-order valence-corrected chi connectivity index (χ1v) is 15.0. The maximum absolute atomic E-state index is 13.4. The molecule has 1 amide bonds. The van der Waals surface area contributed by atoms with E-state index in [0.29, 0.717) is 30.3 Å². The molecule has 2 aliphatic rings. The van der Waals surface area contributed by atoms with Crippen LogP contribution >= 0.6 is 11.6 Å². The smallest absolute Gasteiger partial charge is 0.288 e. The molecule has 2 atom stereocenters. The molecule has 0 bridgehead atoms. The number of carbonyl (C=O) groups is 1. The molecule has 0 saturated carbocycles. The monoisotopic (exact) mass is 593 g/mol. The number of carbonyl (C=O) groups excluding carboxylic acids is 1. The van der Waals surface area contributed by atoms with E-state index in [2.05, 4.69) is 4.90 Å². The predicted octanol–water partition coefficient (Wildman–Crippen LogP) is 2.54. The Morgan fingerprint density at radius 3 is 2.38 bits per heavy atom. The lowest BCUT2D eigenvalue weighted by atomic mass is 9.93. The second kappa shape index (κ2) is 13.8. The molecule has 0 spiro atoms. The van der Waals surface area contributed by atoms with E-state index in [9.17, 15) is 18.3 Å². The molecular weight excluding hydrogens is 558 g/mol. The zero-order chi connectivity index (χ0) is 28.7. The van der Waals surface area contributed by atoms with Gasteiger partial charge in [0.15, 0.2) is 5.76 Å². The van der Waals surface area contributed by atoms with Crippen molar-refractivity contribution < 1.29 is 32.5 Å². The molecule has 40 heavy (non-hydrogen) atoms. The summed E-state index contributed by atoms with van der Waals surface area (Å²) in [5, 5.41) is 10.2. The summed E-state index contributed by atoms with van der Waals surface area (Å²) in [4.78, 5) is 17.4. The van der Waals surface area contributed by atoms with Gasteiger partial charge in [-0.2, -0.15) is 4.31 Å². The Labute approximate surface area is 240 Å². The summed E-state index contributed by atoms with van der Waals surface area (Å²) in [6.45, 7) is 2.32. The number of amides is 1. The summed E-state index contributed by atoms with van der Waals surface area (Å²) in [7, 11) is -0.360. The number of sulfonamides is 1. The average molecular weight is 594 g/mol. The van der Waals surface area contributed by atoms with Gasteiger partial charge in [0.1, 0.15) is 5.75 Å². The van der Waals surface area contributed by atoms with Gasteiger partial charge in [0.05, 0.1) is 25.2 Å². The Morgan fingerprint density at radius 2 is 1.75 bits per heavy atom. The number of rotatable bonds is 11. The van der Waals surface area contributed by atoms with Crippen LogP contribution in [0.15, 0.2) is 65.3 Å². The first kappa shape index (κ1) is 30.3. The van der Waals surface area contributed by atoms with E-state index in [1.165, 1.54) is 23.5 Å². The molecule has 1 N–H and O–H groups in total. The SMILES string of the molecule is COc1ccc(S(=O)(=O)N(CCO)CCO[C@H]2C[C@@H](c3ccc(Cl)cc3)C=C(C(=O)N3CCN(C)CC3)O2)cc1. The number of ether oxygens (including phenoxy) is 3. The number of halogens is 1. The van der Waals surface area contributed by atoms with Gasteiger partial charge in [-0.3, -0.25) is 4.79 Å². The Hall–Kier alpha value is -2.67. The number of benzene rings is 2. The number of piperazine rings is 1. The van der Waals surface area contributed by atoms with Crippen molar-refractivity contribution in [3.05, 3.63) is 71.0 Å². The van der Waals surface area contributed by atoms with Crippen LogP contribution in [-0.2, 0) is 24.3 Å². The minimum absolute atomic E-state index is 0.00334. The number of nitrogens with zero attached hydrogens (tertiary/aromatic N) is 3. The van der Waals surface area contributed by atoms with Gasteiger partial charge in [-0.25, -0.2) is 8.42 Å². The van der Waals surface area contributed by atoms with Gasteiger partial charge in [0.25, 0.3) is 5.91 Å². The van der Waals surface area contributed by atoms with Crippen molar-refractivity contribution in [1.82, 2.24) is 14.1 Å². The van der Waals surface area contributed by atoms with Gasteiger partial charge in [-0.05, 0) is 55.1 Å². The molecule has 12 heteroatoms. The van der Waals surface area contributed by atoms with Gasteiger partial charge in [0, 0.05) is 56.6 Å². The summed E-state index contributed by atoms with van der Waals surface area (Å²) >= 11 is 6.08. The van der Waals surface area contributed by atoms with Crippen LogP contribution in [0.25, 0.3) is 0 Å². The number of hydrogen-bond donors (Lipinski definition) is 1. The van der Waals surface area contributed by atoms with E-state index in [1.54, 1.807) is 29.2 Å². The van der Waals surface area contributed by atoms with Crippen LogP contribution in [0.3, 0.4) is 0 Å². The van der Waals surface area contributed by atoms with Crippen molar-refractivity contribution >= 4 is 27.5 Å². The van der Waals surface area contributed by atoms with E-state index in [4.69, 9.17) is 25.8 Å². The largest absolute Gasteiger partial charge is 0.497 e. The predicted molar refractivity (Wildman–Crippen MR) is 151 cm³/mol. The van der Waals surface area contributed by atoms with Gasteiger partial charge in [-0.15, -0.1) is 0 Å².